The molecule has 21 heavy (non-hydrogen) atoms. The van der Waals surface area contributed by atoms with Crippen LogP contribution in [0.4, 0.5) is 0 Å². The molecule has 3 N–H and O–H groups in total. The number of carboxylic acids is 2. The molecule has 0 fully saturated rings. The van der Waals surface area contributed by atoms with Gasteiger partial charge in [0.15, 0.2) is 0 Å². The van der Waals surface area contributed by atoms with Gasteiger partial charge in [0, 0.05) is 45.3 Å². The highest BCUT2D eigenvalue weighted by molar-refractivity contribution is 5.67. The second kappa shape index (κ2) is 10.3. The highest BCUT2D eigenvalue weighted by Gasteiger charge is 2.24. The number of aromatic nitrogens is 2. The maximum Gasteiger partial charge on any atom is 0.307 e. The van der Waals surface area contributed by atoms with E-state index in [9.17, 15) is 4.79 Å². The minimum absolute atomic E-state index is 0.00694. The Hall–Kier alpha value is -2.51. The van der Waals surface area contributed by atoms with Crippen LogP contribution in [0.15, 0.2) is 31.1 Å². The first-order valence-corrected chi connectivity index (χ1v) is 6.38. The minimum Gasteiger partial charge on any atom is -0.481 e. The molecule has 1 aliphatic heterocycles. The Labute approximate surface area is 123 Å². The lowest BCUT2D eigenvalue weighted by atomic mass is 10.3. The molecule has 1 atom stereocenters. The smallest absolute Gasteiger partial charge is 0.307 e. The molecule has 0 amide bonds. The zero-order valence-electron chi connectivity index (χ0n) is 12.4. The van der Waals surface area contributed by atoms with Crippen LogP contribution in [-0.2, 0) is 9.59 Å². The van der Waals surface area contributed by atoms with Gasteiger partial charge in [0.25, 0.3) is 5.97 Å². The molecule has 8 heteroatoms. The standard InChI is InChI=1S/C8H14N2O2.C3H4N2.C2H4O2/c1-3-10-5-4-9(2)7(10)6-8(11)12;1-2-5-3-4-1;1-2(3)4/h4-5,7H,3,6H2,1-2H3,(H,11,12);1-3H,(H,4,5);1H3,(H,3,4). The third-order valence-electron chi connectivity index (χ3n) is 2.47. The topological polar surface area (TPSA) is 110 Å². The van der Waals surface area contributed by atoms with Gasteiger partial charge in [-0.1, -0.05) is 0 Å². The fourth-order valence-corrected chi connectivity index (χ4v) is 1.57. The summed E-state index contributed by atoms with van der Waals surface area (Å²) in [6.07, 6.45) is 9.06. The molecule has 1 aliphatic rings. The molecule has 0 saturated carbocycles. The largest absolute Gasteiger partial charge is 0.481 e. The average Bonchev–Trinajstić information content (AvgIpc) is 3.03. The van der Waals surface area contributed by atoms with Gasteiger partial charge in [-0.05, 0) is 6.92 Å². The number of aromatic amines is 1. The second-order valence-electron chi connectivity index (χ2n) is 4.15. The number of carbonyl (C=O) groups is 2. The summed E-state index contributed by atoms with van der Waals surface area (Å²) in [5.74, 6) is -1.59. The van der Waals surface area contributed by atoms with Gasteiger partial charge in [0.2, 0.25) is 0 Å². The lowest BCUT2D eigenvalue weighted by Gasteiger charge is -2.27. The molecule has 0 saturated heterocycles. The molecule has 1 aromatic rings. The number of H-pyrrole nitrogens is 1. The molecule has 1 aromatic heterocycles. The predicted octanol–water partition coefficient (Wildman–Crippen LogP) is 1.03. The number of imidazole rings is 1. The van der Waals surface area contributed by atoms with Crippen LogP contribution in [-0.4, -0.2) is 61.7 Å². The van der Waals surface area contributed by atoms with E-state index in [1.54, 1.807) is 18.7 Å². The first kappa shape index (κ1) is 18.5. The molecular formula is C13H22N4O4. The lowest BCUT2D eigenvalue weighted by Crippen LogP contribution is -2.38. The van der Waals surface area contributed by atoms with Crippen molar-refractivity contribution < 1.29 is 19.8 Å². The van der Waals surface area contributed by atoms with Crippen molar-refractivity contribution in [1.82, 2.24) is 19.8 Å². The van der Waals surface area contributed by atoms with Crippen molar-refractivity contribution in [3.63, 3.8) is 0 Å². The van der Waals surface area contributed by atoms with Crippen molar-refractivity contribution in [1.29, 1.82) is 0 Å². The number of nitrogens with zero attached hydrogens (tertiary/aromatic N) is 3. The Morgan fingerprint density at radius 1 is 1.33 bits per heavy atom. The third-order valence-corrected chi connectivity index (χ3v) is 2.47. The molecule has 0 aliphatic carbocycles. The monoisotopic (exact) mass is 298 g/mol. The Kier molecular flexibility index (Phi) is 9.07. The molecule has 8 nitrogen and oxygen atoms in total. The number of hydrogen-bond acceptors (Lipinski definition) is 5. The number of rotatable bonds is 3. The van der Waals surface area contributed by atoms with Gasteiger partial charge in [-0.15, -0.1) is 0 Å². The predicted molar refractivity (Wildman–Crippen MR) is 77.2 cm³/mol. The van der Waals surface area contributed by atoms with Gasteiger partial charge in [-0.2, -0.15) is 0 Å². The lowest BCUT2D eigenvalue weighted by molar-refractivity contribution is -0.139. The third kappa shape index (κ3) is 9.09. The fraction of sp³-hybridized carbons (Fsp3) is 0.462. The van der Waals surface area contributed by atoms with Crippen LogP contribution in [0.1, 0.15) is 20.3 Å². The first-order chi connectivity index (χ1) is 9.88. The molecule has 118 valence electrons. The van der Waals surface area contributed by atoms with Gasteiger partial charge in [0.05, 0.1) is 12.7 Å². The van der Waals surface area contributed by atoms with Crippen molar-refractivity contribution in [2.75, 3.05) is 13.6 Å². The van der Waals surface area contributed by atoms with Gasteiger partial charge in [-0.25, -0.2) is 4.98 Å². The van der Waals surface area contributed by atoms with E-state index in [0.717, 1.165) is 13.5 Å². The Bertz CT molecular complexity index is 412. The normalized spacial score (nSPS) is 15.7. The summed E-state index contributed by atoms with van der Waals surface area (Å²) in [5, 5.41) is 16.0. The number of aliphatic carboxylic acids is 2. The van der Waals surface area contributed by atoms with Gasteiger partial charge in [0.1, 0.15) is 6.17 Å². The molecule has 2 heterocycles. The average molecular weight is 298 g/mol. The first-order valence-electron chi connectivity index (χ1n) is 6.38. The highest BCUT2D eigenvalue weighted by atomic mass is 16.4. The summed E-state index contributed by atoms with van der Waals surface area (Å²) in [5.41, 5.74) is 0. The zero-order valence-corrected chi connectivity index (χ0v) is 12.4. The van der Waals surface area contributed by atoms with Gasteiger partial charge < -0.3 is 25.0 Å². The van der Waals surface area contributed by atoms with Crippen LogP contribution in [0.25, 0.3) is 0 Å². The maximum atomic E-state index is 10.5. The van der Waals surface area contributed by atoms with Crippen molar-refractivity contribution in [3.8, 4) is 0 Å². The van der Waals surface area contributed by atoms with Crippen LogP contribution in [0.2, 0.25) is 0 Å². The van der Waals surface area contributed by atoms with Crippen LogP contribution in [0.3, 0.4) is 0 Å². The summed E-state index contributed by atoms with van der Waals surface area (Å²) < 4.78 is 0. The van der Waals surface area contributed by atoms with Gasteiger partial charge >= 0.3 is 5.97 Å². The number of carboxylic acid groups (broad SMARTS) is 2. The molecule has 2 rings (SSSR count). The molecule has 0 bridgehead atoms. The van der Waals surface area contributed by atoms with Crippen LogP contribution in [0.5, 0.6) is 0 Å². The fourth-order valence-electron chi connectivity index (χ4n) is 1.57. The van der Waals surface area contributed by atoms with Crippen molar-refractivity contribution in [3.05, 3.63) is 31.1 Å². The summed E-state index contributed by atoms with van der Waals surface area (Å²) in [6.45, 7) is 3.94. The van der Waals surface area contributed by atoms with Crippen LogP contribution < -0.4 is 0 Å². The second-order valence-corrected chi connectivity index (χ2v) is 4.15. The van der Waals surface area contributed by atoms with Gasteiger partial charge in [-0.3, -0.25) is 9.59 Å². The van der Waals surface area contributed by atoms with Crippen LogP contribution in [0, 0.1) is 0 Å². The SMILES string of the molecule is CC(=O)O.CCN1C=CN(C)C1CC(=O)O.c1c[nH]cn1. The maximum absolute atomic E-state index is 10.5. The van der Waals surface area contributed by atoms with E-state index in [-0.39, 0.29) is 12.6 Å². The summed E-state index contributed by atoms with van der Waals surface area (Å²) in [7, 11) is 1.89. The molecule has 0 radical (unpaired) electrons. The molecule has 0 aromatic carbocycles. The van der Waals surface area contributed by atoms with E-state index in [0.29, 0.717) is 0 Å². The Morgan fingerprint density at radius 2 is 1.95 bits per heavy atom. The summed E-state index contributed by atoms with van der Waals surface area (Å²) in [4.78, 5) is 29.8. The van der Waals surface area contributed by atoms with Crippen molar-refractivity contribution >= 4 is 11.9 Å². The number of nitrogens with one attached hydrogen (secondary N) is 1. The summed E-state index contributed by atoms with van der Waals surface area (Å²) >= 11 is 0. The zero-order chi connectivity index (χ0) is 16.3. The van der Waals surface area contributed by atoms with Crippen LogP contribution >= 0.6 is 0 Å². The van der Waals surface area contributed by atoms with Crippen molar-refractivity contribution in [2.45, 2.75) is 26.4 Å². The quantitative estimate of drug-likeness (QED) is 0.764. The number of hydrogen-bond donors (Lipinski definition) is 3. The molecule has 1 unspecified atom stereocenters. The van der Waals surface area contributed by atoms with E-state index in [2.05, 4.69) is 9.97 Å². The van der Waals surface area contributed by atoms with Crippen molar-refractivity contribution in [2.24, 2.45) is 0 Å². The van der Waals surface area contributed by atoms with E-state index in [1.807, 2.05) is 36.2 Å². The Morgan fingerprint density at radius 3 is 2.29 bits per heavy atom. The summed E-state index contributed by atoms with van der Waals surface area (Å²) in [6, 6.07) is 0. The van der Waals surface area contributed by atoms with E-state index < -0.39 is 11.9 Å². The minimum atomic E-state index is -0.833. The van der Waals surface area contributed by atoms with E-state index in [4.69, 9.17) is 15.0 Å². The Balaban J connectivity index is 0.000000364. The molecular weight excluding hydrogens is 276 g/mol. The van der Waals surface area contributed by atoms with E-state index >= 15 is 0 Å². The molecule has 0 spiro atoms. The van der Waals surface area contributed by atoms with E-state index in [1.165, 1.54) is 0 Å². The highest BCUT2D eigenvalue weighted by Crippen LogP contribution is 2.15.